The summed E-state index contributed by atoms with van der Waals surface area (Å²) in [5.41, 5.74) is 4.41. The lowest BCUT2D eigenvalue weighted by Gasteiger charge is -2.14. The van der Waals surface area contributed by atoms with Gasteiger partial charge in [0.1, 0.15) is 5.71 Å². The van der Waals surface area contributed by atoms with E-state index in [4.69, 9.17) is 11.6 Å². The van der Waals surface area contributed by atoms with E-state index >= 15 is 0 Å². The first-order chi connectivity index (χ1) is 13.6. The molecular weight excluding hydrogens is 374 g/mol. The molecule has 2 aromatic carbocycles. The van der Waals surface area contributed by atoms with Crippen LogP contribution in [0, 0.1) is 0 Å². The molecule has 0 fully saturated rings. The van der Waals surface area contributed by atoms with Gasteiger partial charge in [0, 0.05) is 24.3 Å². The predicted molar refractivity (Wildman–Crippen MR) is 110 cm³/mol. The number of amides is 1. The van der Waals surface area contributed by atoms with Crippen molar-refractivity contribution in [3.63, 3.8) is 0 Å². The lowest BCUT2D eigenvalue weighted by molar-refractivity contribution is -0.124. The van der Waals surface area contributed by atoms with E-state index in [9.17, 15) is 9.59 Å². The van der Waals surface area contributed by atoms with Crippen molar-refractivity contribution in [1.82, 2.24) is 5.32 Å². The Morgan fingerprint density at radius 1 is 1.07 bits per heavy atom. The molecular formula is C22H20ClN3O2. The molecule has 1 heterocycles. The fourth-order valence-electron chi connectivity index (χ4n) is 3.62. The van der Waals surface area contributed by atoms with Crippen molar-refractivity contribution in [3.8, 4) is 0 Å². The smallest absolute Gasteiger partial charge is 0.268 e. The number of aryl methyl sites for hydroxylation is 1. The van der Waals surface area contributed by atoms with Gasteiger partial charge in [0.05, 0.1) is 11.8 Å². The third-order valence-corrected chi connectivity index (χ3v) is 5.36. The maximum Gasteiger partial charge on any atom is 0.268 e. The van der Waals surface area contributed by atoms with Gasteiger partial charge in [-0.15, -0.1) is 5.10 Å². The number of nitrogens with zero attached hydrogens (tertiary/aromatic N) is 2. The summed E-state index contributed by atoms with van der Waals surface area (Å²) < 4.78 is 0. The van der Waals surface area contributed by atoms with Crippen LogP contribution in [0.5, 0.6) is 0 Å². The van der Waals surface area contributed by atoms with Gasteiger partial charge in [-0.2, -0.15) is 5.10 Å². The normalized spacial score (nSPS) is 18.8. The first kappa shape index (κ1) is 18.6. The standard InChI is InChI=1S/C22H20ClN3O2/c23-17-8-6-16-12-21(27)19(9-7-15(16)11-17)24-22(28)20-13-18(25-26-20)10-14-4-2-1-3-5-14/h1-6,8,11,19H,7,9-10,12-13H2,(H,24,28)/t19-/m0/s1. The molecule has 0 radical (unpaired) electrons. The molecule has 6 heteroatoms. The molecule has 2 aromatic rings. The molecule has 1 atom stereocenters. The minimum Gasteiger partial charge on any atom is -0.341 e. The number of fused-ring (bicyclic) bond motifs is 1. The number of benzene rings is 2. The Morgan fingerprint density at radius 3 is 2.71 bits per heavy atom. The van der Waals surface area contributed by atoms with Crippen LogP contribution in [0.25, 0.3) is 0 Å². The number of nitrogens with one attached hydrogen (secondary N) is 1. The van der Waals surface area contributed by atoms with E-state index in [1.807, 2.05) is 42.5 Å². The van der Waals surface area contributed by atoms with Crippen LogP contribution in [0.4, 0.5) is 0 Å². The molecule has 0 spiro atoms. The zero-order chi connectivity index (χ0) is 19.5. The average Bonchev–Trinajstić information content (AvgIpc) is 3.10. The summed E-state index contributed by atoms with van der Waals surface area (Å²) in [5, 5.41) is 11.7. The molecule has 1 aliphatic heterocycles. The van der Waals surface area contributed by atoms with Crippen LogP contribution in [-0.2, 0) is 28.9 Å². The molecule has 0 bridgehead atoms. The molecule has 4 rings (SSSR count). The van der Waals surface area contributed by atoms with Gasteiger partial charge in [-0.05, 0) is 41.7 Å². The molecule has 5 nitrogen and oxygen atoms in total. The highest BCUT2D eigenvalue weighted by Crippen LogP contribution is 2.23. The van der Waals surface area contributed by atoms with Crippen molar-refractivity contribution in [3.05, 3.63) is 70.2 Å². The largest absolute Gasteiger partial charge is 0.341 e. The Bertz CT molecular complexity index is 983. The van der Waals surface area contributed by atoms with E-state index < -0.39 is 6.04 Å². The van der Waals surface area contributed by atoms with Crippen LogP contribution >= 0.6 is 11.6 Å². The fraction of sp³-hybridized carbons (Fsp3) is 0.273. The van der Waals surface area contributed by atoms with Gasteiger partial charge in [-0.1, -0.05) is 48.0 Å². The summed E-state index contributed by atoms with van der Waals surface area (Å²) in [5.74, 6) is -0.299. The van der Waals surface area contributed by atoms with Crippen molar-refractivity contribution >= 4 is 34.7 Å². The van der Waals surface area contributed by atoms with Crippen molar-refractivity contribution in [2.24, 2.45) is 10.2 Å². The molecule has 1 N–H and O–H groups in total. The molecule has 0 aromatic heterocycles. The Balaban J connectivity index is 1.35. The van der Waals surface area contributed by atoms with Gasteiger partial charge in [-0.3, -0.25) is 9.59 Å². The maximum absolute atomic E-state index is 12.6. The van der Waals surface area contributed by atoms with Gasteiger partial charge in [0.2, 0.25) is 0 Å². The van der Waals surface area contributed by atoms with Gasteiger partial charge >= 0.3 is 0 Å². The van der Waals surface area contributed by atoms with Gasteiger partial charge < -0.3 is 5.32 Å². The number of halogens is 1. The van der Waals surface area contributed by atoms with Crippen LogP contribution in [-0.4, -0.2) is 29.2 Å². The number of rotatable bonds is 4. The summed E-state index contributed by atoms with van der Waals surface area (Å²) in [7, 11) is 0. The van der Waals surface area contributed by atoms with Crippen LogP contribution in [0.2, 0.25) is 5.02 Å². The molecule has 0 saturated heterocycles. The Kier molecular flexibility index (Phi) is 5.35. The van der Waals surface area contributed by atoms with Crippen molar-refractivity contribution in [2.45, 2.75) is 38.1 Å². The molecule has 0 unspecified atom stereocenters. The molecule has 1 aliphatic carbocycles. The zero-order valence-electron chi connectivity index (χ0n) is 15.3. The van der Waals surface area contributed by atoms with Crippen LogP contribution < -0.4 is 5.32 Å². The summed E-state index contributed by atoms with van der Waals surface area (Å²) in [6.07, 6.45) is 2.65. The van der Waals surface area contributed by atoms with E-state index in [0.29, 0.717) is 42.8 Å². The first-order valence-electron chi connectivity index (χ1n) is 9.35. The highest BCUT2D eigenvalue weighted by Gasteiger charge is 2.28. The quantitative estimate of drug-likeness (QED) is 0.809. The van der Waals surface area contributed by atoms with Crippen molar-refractivity contribution < 1.29 is 9.59 Å². The highest BCUT2D eigenvalue weighted by atomic mass is 35.5. The zero-order valence-corrected chi connectivity index (χ0v) is 16.1. The van der Waals surface area contributed by atoms with E-state index in [0.717, 1.165) is 22.4 Å². The van der Waals surface area contributed by atoms with Crippen molar-refractivity contribution in [1.29, 1.82) is 0 Å². The van der Waals surface area contributed by atoms with Crippen LogP contribution in [0.15, 0.2) is 58.7 Å². The second-order valence-corrected chi connectivity index (χ2v) is 7.61. The molecule has 142 valence electrons. The predicted octanol–water partition coefficient (Wildman–Crippen LogP) is 3.33. The monoisotopic (exact) mass is 393 g/mol. The summed E-state index contributed by atoms with van der Waals surface area (Å²) in [4.78, 5) is 25.2. The number of Topliss-reactive ketones (excluding diaryl/α,β-unsaturated/α-hetero) is 1. The second-order valence-electron chi connectivity index (χ2n) is 7.17. The van der Waals surface area contributed by atoms with Gasteiger partial charge in [0.25, 0.3) is 5.91 Å². The lowest BCUT2D eigenvalue weighted by Crippen LogP contribution is -2.44. The Hall–Kier alpha value is -2.79. The molecule has 2 aliphatic rings. The molecule has 1 amide bonds. The fourth-order valence-corrected chi connectivity index (χ4v) is 3.81. The summed E-state index contributed by atoms with van der Waals surface area (Å²) >= 11 is 6.06. The van der Waals surface area contributed by atoms with E-state index in [1.54, 1.807) is 6.07 Å². The lowest BCUT2D eigenvalue weighted by atomic mass is 10.0. The third kappa shape index (κ3) is 4.20. The van der Waals surface area contributed by atoms with Crippen LogP contribution in [0.3, 0.4) is 0 Å². The minimum absolute atomic E-state index is 0.0125. The topological polar surface area (TPSA) is 70.9 Å². The average molecular weight is 394 g/mol. The SMILES string of the molecule is O=C(N[C@H]1CCc2cc(Cl)ccc2CC1=O)C1=NN=C(Cc2ccccc2)C1. The minimum atomic E-state index is -0.514. The molecule has 28 heavy (non-hydrogen) atoms. The number of hydrogen-bond acceptors (Lipinski definition) is 4. The van der Waals surface area contributed by atoms with Crippen molar-refractivity contribution in [2.75, 3.05) is 0 Å². The van der Waals surface area contributed by atoms with Gasteiger partial charge in [0.15, 0.2) is 5.78 Å². The number of carbonyl (C=O) groups excluding carboxylic acids is 2. The number of carbonyl (C=O) groups is 2. The Morgan fingerprint density at radius 2 is 1.89 bits per heavy atom. The first-order valence-corrected chi connectivity index (χ1v) is 9.73. The summed E-state index contributed by atoms with van der Waals surface area (Å²) in [6.45, 7) is 0. The highest BCUT2D eigenvalue weighted by molar-refractivity contribution is 6.43. The van der Waals surface area contributed by atoms with E-state index in [-0.39, 0.29) is 11.7 Å². The summed E-state index contributed by atoms with van der Waals surface area (Å²) in [6, 6.07) is 15.0. The Labute approximate surface area is 168 Å². The van der Waals surface area contributed by atoms with Crippen LogP contribution in [0.1, 0.15) is 29.5 Å². The molecule has 0 saturated carbocycles. The number of hydrogen-bond donors (Lipinski definition) is 1. The second kappa shape index (κ2) is 8.07. The third-order valence-electron chi connectivity index (χ3n) is 5.13. The van der Waals surface area contributed by atoms with E-state index in [2.05, 4.69) is 15.5 Å². The maximum atomic E-state index is 12.6. The van der Waals surface area contributed by atoms with E-state index in [1.165, 1.54) is 0 Å². The van der Waals surface area contributed by atoms with Gasteiger partial charge in [-0.25, -0.2) is 0 Å². The number of ketones is 1.